The maximum atomic E-state index is 5.59. The van der Waals surface area contributed by atoms with Crippen LogP contribution in [-0.4, -0.2) is 23.1 Å². The van der Waals surface area contributed by atoms with E-state index in [-0.39, 0.29) is 0 Å². The Balaban J connectivity index is 2.50. The molecular formula is C15H27N3O. The Kier molecular flexibility index (Phi) is 7.94. The molecule has 0 spiro atoms. The molecule has 0 amide bonds. The predicted molar refractivity (Wildman–Crippen MR) is 79.8 cm³/mol. The second-order valence-corrected chi connectivity index (χ2v) is 4.70. The van der Waals surface area contributed by atoms with Crippen LogP contribution in [0.5, 0.6) is 5.88 Å². The highest BCUT2D eigenvalue weighted by Crippen LogP contribution is 2.14. The standard InChI is InChI=1S/C15H27N3O/c1-4-7-8-9-10-16-14-12-15(19-11-5-2)18-13(6-3)17-14/h12H,4-11H2,1-3H3,(H,16,17,18). The summed E-state index contributed by atoms with van der Waals surface area (Å²) >= 11 is 0. The van der Waals surface area contributed by atoms with Crippen molar-refractivity contribution in [2.45, 2.75) is 59.3 Å². The number of anilines is 1. The molecule has 1 N–H and O–H groups in total. The first-order valence-corrected chi connectivity index (χ1v) is 7.54. The van der Waals surface area contributed by atoms with Gasteiger partial charge in [-0.2, -0.15) is 4.98 Å². The zero-order chi connectivity index (χ0) is 13.9. The molecule has 0 saturated carbocycles. The fourth-order valence-electron chi connectivity index (χ4n) is 1.77. The van der Waals surface area contributed by atoms with E-state index in [1.807, 2.05) is 6.07 Å². The molecule has 1 aromatic rings. The Morgan fingerprint density at radius 2 is 1.89 bits per heavy atom. The Bertz CT molecular complexity index is 355. The molecular weight excluding hydrogens is 238 g/mol. The van der Waals surface area contributed by atoms with Crippen LogP contribution < -0.4 is 10.1 Å². The van der Waals surface area contributed by atoms with Crippen molar-refractivity contribution in [1.29, 1.82) is 0 Å². The topological polar surface area (TPSA) is 47.0 Å². The number of unbranched alkanes of at least 4 members (excludes halogenated alkanes) is 3. The SMILES string of the molecule is CCCCCCNc1cc(OCCC)nc(CC)n1. The molecule has 0 atom stereocenters. The van der Waals surface area contributed by atoms with Gasteiger partial charge in [0, 0.05) is 19.0 Å². The van der Waals surface area contributed by atoms with Gasteiger partial charge in [-0.15, -0.1) is 0 Å². The number of nitrogens with zero attached hydrogens (tertiary/aromatic N) is 2. The molecule has 0 aromatic carbocycles. The van der Waals surface area contributed by atoms with Crippen LogP contribution in [0.25, 0.3) is 0 Å². The summed E-state index contributed by atoms with van der Waals surface area (Å²) in [6.07, 6.45) is 6.84. The van der Waals surface area contributed by atoms with Gasteiger partial charge in [-0.05, 0) is 12.8 Å². The van der Waals surface area contributed by atoms with E-state index in [0.29, 0.717) is 12.5 Å². The smallest absolute Gasteiger partial charge is 0.218 e. The average molecular weight is 265 g/mol. The zero-order valence-electron chi connectivity index (χ0n) is 12.5. The Hall–Kier alpha value is -1.32. The van der Waals surface area contributed by atoms with Gasteiger partial charge in [-0.1, -0.05) is 40.0 Å². The third kappa shape index (κ3) is 6.41. The second-order valence-electron chi connectivity index (χ2n) is 4.70. The van der Waals surface area contributed by atoms with Gasteiger partial charge in [0.1, 0.15) is 11.6 Å². The van der Waals surface area contributed by atoms with Gasteiger partial charge in [0.25, 0.3) is 0 Å². The quantitative estimate of drug-likeness (QED) is 0.653. The van der Waals surface area contributed by atoms with Crippen molar-refractivity contribution in [3.8, 4) is 5.88 Å². The summed E-state index contributed by atoms with van der Waals surface area (Å²) in [5, 5.41) is 3.36. The lowest BCUT2D eigenvalue weighted by Gasteiger charge is -2.10. The van der Waals surface area contributed by atoms with Crippen molar-refractivity contribution in [3.63, 3.8) is 0 Å². The Morgan fingerprint density at radius 3 is 2.58 bits per heavy atom. The minimum Gasteiger partial charge on any atom is -0.478 e. The van der Waals surface area contributed by atoms with Gasteiger partial charge in [0.2, 0.25) is 5.88 Å². The molecule has 1 rings (SSSR count). The van der Waals surface area contributed by atoms with E-state index in [0.717, 1.165) is 31.0 Å². The van der Waals surface area contributed by atoms with E-state index >= 15 is 0 Å². The van der Waals surface area contributed by atoms with Gasteiger partial charge in [-0.25, -0.2) is 4.98 Å². The third-order valence-electron chi connectivity index (χ3n) is 2.86. The molecule has 0 aliphatic carbocycles. The number of aromatic nitrogens is 2. The van der Waals surface area contributed by atoms with Gasteiger partial charge < -0.3 is 10.1 Å². The first-order chi connectivity index (χ1) is 9.30. The third-order valence-corrected chi connectivity index (χ3v) is 2.86. The van der Waals surface area contributed by atoms with Crippen LogP contribution >= 0.6 is 0 Å². The molecule has 1 heterocycles. The highest BCUT2D eigenvalue weighted by molar-refractivity contribution is 5.38. The van der Waals surface area contributed by atoms with Crippen molar-refractivity contribution in [3.05, 3.63) is 11.9 Å². The summed E-state index contributed by atoms with van der Waals surface area (Å²) in [5.41, 5.74) is 0. The van der Waals surface area contributed by atoms with Crippen LogP contribution in [0.4, 0.5) is 5.82 Å². The molecule has 0 bridgehead atoms. The molecule has 4 nitrogen and oxygen atoms in total. The van der Waals surface area contributed by atoms with Crippen molar-refractivity contribution in [2.75, 3.05) is 18.5 Å². The van der Waals surface area contributed by atoms with Crippen molar-refractivity contribution >= 4 is 5.82 Å². The minimum absolute atomic E-state index is 0.685. The van der Waals surface area contributed by atoms with Gasteiger partial charge in [0.05, 0.1) is 6.61 Å². The van der Waals surface area contributed by atoms with Gasteiger partial charge in [-0.3, -0.25) is 0 Å². The number of rotatable bonds is 10. The maximum Gasteiger partial charge on any atom is 0.218 e. The monoisotopic (exact) mass is 265 g/mol. The van der Waals surface area contributed by atoms with E-state index in [2.05, 4.69) is 36.1 Å². The summed E-state index contributed by atoms with van der Waals surface area (Å²) in [6, 6.07) is 1.90. The van der Waals surface area contributed by atoms with Crippen molar-refractivity contribution in [2.24, 2.45) is 0 Å². The second kappa shape index (κ2) is 9.59. The normalized spacial score (nSPS) is 10.5. The summed E-state index contributed by atoms with van der Waals surface area (Å²) in [7, 11) is 0. The largest absolute Gasteiger partial charge is 0.478 e. The first kappa shape index (κ1) is 15.7. The molecule has 0 saturated heterocycles. The van der Waals surface area contributed by atoms with Crippen LogP contribution in [0.15, 0.2) is 6.07 Å². The Labute approximate surface area is 117 Å². The molecule has 4 heteroatoms. The number of aryl methyl sites for hydroxylation is 1. The van der Waals surface area contributed by atoms with E-state index in [9.17, 15) is 0 Å². The lowest BCUT2D eigenvalue weighted by Crippen LogP contribution is -2.07. The fourth-order valence-corrected chi connectivity index (χ4v) is 1.77. The highest BCUT2D eigenvalue weighted by Gasteiger charge is 2.04. The highest BCUT2D eigenvalue weighted by atomic mass is 16.5. The Morgan fingerprint density at radius 1 is 1.05 bits per heavy atom. The van der Waals surface area contributed by atoms with Crippen LogP contribution in [0.3, 0.4) is 0 Å². The molecule has 0 radical (unpaired) electrons. The number of hydrogen-bond donors (Lipinski definition) is 1. The lowest BCUT2D eigenvalue weighted by molar-refractivity contribution is 0.304. The van der Waals surface area contributed by atoms with E-state index in [1.54, 1.807) is 0 Å². The summed E-state index contributed by atoms with van der Waals surface area (Å²) < 4.78 is 5.59. The van der Waals surface area contributed by atoms with Crippen LogP contribution in [0.1, 0.15) is 58.7 Å². The fraction of sp³-hybridized carbons (Fsp3) is 0.733. The minimum atomic E-state index is 0.685. The lowest BCUT2D eigenvalue weighted by atomic mass is 10.2. The zero-order valence-corrected chi connectivity index (χ0v) is 12.5. The van der Waals surface area contributed by atoms with Crippen molar-refractivity contribution in [1.82, 2.24) is 9.97 Å². The number of hydrogen-bond acceptors (Lipinski definition) is 4. The number of nitrogens with one attached hydrogen (secondary N) is 1. The van der Waals surface area contributed by atoms with E-state index < -0.39 is 0 Å². The van der Waals surface area contributed by atoms with Crippen LogP contribution in [-0.2, 0) is 6.42 Å². The van der Waals surface area contributed by atoms with Gasteiger partial charge in [0.15, 0.2) is 0 Å². The number of ether oxygens (including phenoxy) is 1. The average Bonchev–Trinajstić information content (AvgIpc) is 2.44. The molecule has 19 heavy (non-hydrogen) atoms. The van der Waals surface area contributed by atoms with Crippen LogP contribution in [0.2, 0.25) is 0 Å². The molecule has 0 aliphatic heterocycles. The van der Waals surface area contributed by atoms with Crippen molar-refractivity contribution < 1.29 is 4.74 Å². The molecule has 0 aliphatic rings. The van der Waals surface area contributed by atoms with Gasteiger partial charge >= 0.3 is 0 Å². The predicted octanol–water partition coefficient (Wildman–Crippen LogP) is 3.82. The van der Waals surface area contributed by atoms with E-state index in [4.69, 9.17) is 4.74 Å². The molecule has 0 unspecified atom stereocenters. The maximum absolute atomic E-state index is 5.59. The molecule has 1 aromatic heterocycles. The molecule has 108 valence electrons. The van der Waals surface area contributed by atoms with E-state index in [1.165, 1.54) is 25.7 Å². The van der Waals surface area contributed by atoms with Crippen LogP contribution in [0, 0.1) is 0 Å². The summed E-state index contributed by atoms with van der Waals surface area (Å²) in [6.45, 7) is 8.05. The summed E-state index contributed by atoms with van der Waals surface area (Å²) in [5.74, 6) is 2.41. The summed E-state index contributed by atoms with van der Waals surface area (Å²) in [4.78, 5) is 8.85. The molecule has 0 fully saturated rings. The first-order valence-electron chi connectivity index (χ1n) is 7.54.